The van der Waals surface area contributed by atoms with Crippen molar-refractivity contribution in [2.75, 3.05) is 0 Å². The van der Waals surface area contributed by atoms with Gasteiger partial charge in [0.2, 0.25) is 0 Å². The second-order valence-corrected chi connectivity index (χ2v) is 7.69. The molecular weight excluding hydrogens is 334 g/mol. The Kier molecular flexibility index (Phi) is 6.20. The van der Waals surface area contributed by atoms with Crippen molar-refractivity contribution in [3.8, 4) is 5.75 Å². The van der Waals surface area contributed by atoms with Gasteiger partial charge < -0.3 is 10.1 Å². The third-order valence-electron chi connectivity index (χ3n) is 5.55. The quantitative estimate of drug-likeness (QED) is 0.762. The number of nitrogens with one attached hydrogen (secondary N) is 1. The van der Waals surface area contributed by atoms with Crippen molar-refractivity contribution in [3.63, 3.8) is 0 Å². The number of rotatable bonds is 6. The largest absolute Gasteiger partial charge is 0.481 e. The van der Waals surface area contributed by atoms with Gasteiger partial charge in [-0.15, -0.1) is 0 Å². The SMILES string of the molecule is CCC(NC(=O)C(C)Oc1cccc2c1CCCC2)c1ccc(C)cc1C. The van der Waals surface area contributed by atoms with E-state index in [1.807, 2.05) is 19.1 Å². The molecule has 0 saturated heterocycles. The minimum atomic E-state index is -0.516. The Bertz CT molecular complexity index is 812. The summed E-state index contributed by atoms with van der Waals surface area (Å²) >= 11 is 0. The van der Waals surface area contributed by atoms with Crippen LogP contribution in [0.3, 0.4) is 0 Å². The van der Waals surface area contributed by atoms with E-state index in [4.69, 9.17) is 4.74 Å². The van der Waals surface area contributed by atoms with Crippen LogP contribution in [0.5, 0.6) is 5.75 Å². The molecule has 1 aliphatic carbocycles. The number of fused-ring (bicyclic) bond motifs is 1. The average Bonchev–Trinajstić information content (AvgIpc) is 2.66. The molecule has 0 fully saturated rings. The maximum Gasteiger partial charge on any atom is 0.261 e. The number of carbonyl (C=O) groups excluding carboxylic acids is 1. The monoisotopic (exact) mass is 365 g/mol. The van der Waals surface area contributed by atoms with E-state index >= 15 is 0 Å². The van der Waals surface area contributed by atoms with Gasteiger partial charge >= 0.3 is 0 Å². The van der Waals surface area contributed by atoms with E-state index < -0.39 is 6.10 Å². The number of hydrogen-bond acceptors (Lipinski definition) is 2. The van der Waals surface area contributed by atoms with Crippen molar-refractivity contribution in [3.05, 3.63) is 64.2 Å². The third kappa shape index (κ3) is 4.52. The summed E-state index contributed by atoms with van der Waals surface area (Å²) in [5.41, 5.74) is 6.29. The van der Waals surface area contributed by atoms with E-state index in [-0.39, 0.29) is 11.9 Å². The molecule has 2 aromatic rings. The Morgan fingerprint density at radius 3 is 2.67 bits per heavy atom. The van der Waals surface area contributed by atoms with Crippen molar-refractivity contribution in [1.29, 1.82) is 0 Å². The molecule has 0 spiro atoms. The van der Waals surface area contributed by atoms with Gasteiger partial charge in [0.15, 0.2) is 6.10 Å². The Balaban J connectivity index is 1.70. The van der Waals surface area contributed by atoms with Crippen LogP contribution in [0.15, 0.2) is 36.4 Å². The van der Waals surface area contributed by atoms with Crippen LogP contribution in [-0.2, 0) is 17.6 Å². The van der Waals surface area contributed by atoms with Crippen molar-refractivity contribution in [2.24, 2.45) is 0 Å². The minimum absolute atomic E-state index is 0.00818. The smallest absolute Gasteiger partial charge is 0.261 e. The molecule has 0 heterocycles. The molecule has 1 aliphatic rings. The molecule has 27 heavy (non-hydrogen) atoms. The lowest BCUT2D eigenvalue weighted by molar-refractivity contribution is -0.128. The summed E-state index contributed by atoms with van der Waals surface area (Å²) in [6.45, 7) is 8.13. The highest BCUT2D eigenvalue weighted by atomic mass is 16.5. The highest BCUT2D eigenvalue weighted by Gasteiger charge is 2.22. The molecule has 3 nitrogen and oxygen atoms in total. The normalized spacial score (nSPS) is 15.6. The molecule has 0 aromatic heterocycles. The Labute approximate surface area is 163 Å². The van der Waals surface area contributed by atoms with E-state index in [0.29, 0.717) is 0 Å². The van der Waals surface area contributed by atoms with Gasteiger partial charge in [-0.3, -0.25) is 4.79 Å². The Hall–Kier alpha value is -2.29. The zero-order valence-corrected chi connectivity index (χ0v) is 17.0. The van der Waals surface area contributed by atoms with Crippen molar-refractivity contribution < 1.29 is 9.53 Å². The van der Waals surface area contributed by atoms with Gasteiger partial charge in [0.05, 0.1) is 6.04 Å². The van der Waals surface area contributed by atoms with Gasteiger partial charge in [-0.05, 0) is 81.2 Å². The maximum absolute atomic E-state index is 12.8. The molecule has 2 aromatic carbocycles. The van der Waals surface area contributed by atoms with Crippen LogP contribution in [0.2, 0.25) is 0 Å². The first-order chi connectivity index (χ1) is 13.0. The van der Waals surface area contributed by atoms with Crippen LogP contribution in [0.25, 0.3) is 0 Å². The summed E-state index contributed by atoms with van der Waals surface area (Å²) in [6, 6.07) is 12.6. The molecule has 2 atom stereocenters. The Morgan fingerprint density at radius 1 is 1.15 bits per heavy atom. The standard InChI is InChI=1S/C24H31NO2/c1-5-22(20-14-13-16(2)15-17(20)3)25-24(26)18(4)27-23-12-8-10-19-9-6-7-11-21(19)23/h8,10,12-15,18,22H,5-7,9,11H2,1-4H3,(H,25,26). The fraction of sp³-hybridized carbons (Fsp3) is 0.458. The lowest BCUT2D eigenvalue weighted by Crippen LogP contribution is -2.38. The number of benzene rings is 2. The number of aryl methyl sites for hydroxylation is 3. The second-order valence-electron chi connectivity index (χ2n) is 7.69. The van der Waals surface area contributed by atoms with E-state index in [2.05, 4.69) is 50.4 Å². The zero-order valence-electron chi connectivity index (χ0n) is 17.0. The molecule has 3 heteroatoms. The Morgan fingerprint density at radius 2 is 1.93 bits per heavy atom. The predicted molar refractivity (Wildman–Crippen MR) is 110 cm³/mol. The molecule has 0 bridgehead atoms. The summed E-state index contributed by atoms with van der Waals surface area (Å²) in [4.78, 5) is 12.8. The topological polar surface area (TPSA) is 38.3 Å². The summed E-state index contributed by atoms with van der Waals surface area (Å²) in [7, 11) is 0. The van der Waals surface area contributed by atoms with Crippen LogP contribution < -0.4 is 10.1 Å². The lowest BCUT2D eigenvalue weighted by Gasteiger charge is -2.24. The number of hydrogen-bond donors (Lipinski definition) is 1. The lowest BCUT2D eigenvalue weighted by atomic mass is 9.91. The molecule has 0 radical (unpaired) electrons. The van der Waals surface area contributed by atoms with E-state index in [9.17, 15) is 4.79 Å². The maximum atomic E-state index is 12.8. The highest BCUT2D eigenvalue weighted by molar-refractivity contribution is 5.81. The van der Waals surface area contributed by atoms with Crippen LogP contribution in [0.4, 0.5) is 0 Å². The first-order valence-corrected chi connectivity index (χ1v) is 10.1. The summed E-state index contributed by atoms with van der Waals surface area (Å²) in [6.07, 6.45) is 4.91. The first kappa shape index (κ1) is 19.5. The third-order valence-corrected chi connectivity index (χ3v) is 5.55. The van der Waals surface area contributed by atoms with Crippen LogP contribution >= 0.6 is 0 Å². The molecule has 0 aliphatic heterocycles. The van der Waals surface area contributed by atoms with Crippen molar-refractivity contribution in [1.82, 2.24) is 5.32 Å². The zero-order chi connectivity index (χ0) is 19.4. The molecule has 144 valence electrons. The van der Waals surface area contributed by atoms with Crippen LogP contribution in [-0.4, -0.2) is 12.0 Å². The number of carbonyl (C=O) groups is 1. The molecule has 2 unspecified atom stereocenters. The van der Waals surface area contributed by atoms with Gasteiger partial charge in [-0.1, -0.05) is 42.8 Å². The summed E-state index contributed by atoms with van der Waals surface area (Å²) < 4.78 is 6.09. The minimum Gasteiger partial charge on any atom is -0.481 e. The van der Waals surface area contributed by atoms with Gasteiger partial charge in [0.25, 0.3) is 5.91 Å². The van der Waals surface area contributed by atoms with Crippen LogP contribution in [0.1, 0.15) is 67.0 Å². The molecule has 1 N–H and O–H groups in total. The fourth-order valence-corrected chi connectivity index (χ4v) is 4.01. The molecular formula is C24H31NO2. The highest BCUT2D eigenvalue weighted by Crippen LogP contribution is 2.30. The van der Waals surface area contributed by atoms with Gasteiger partial charge in [0.1, 0.15) is 5.75 Å². The average molecular weight is 366 g/mol. The van der Waals surface area contributed by atoms with Gasteiger partial charge in [-0.2, -0.15) is 0 Å². The summed E-state index contributed by atoms with van der Waals surface area (Å²) in [5, 5.41) is 3.18. The van der Waals surface area contributed by atoms with Gasteiger partial charge in [0, 0.05) is 0 Å². The van der Waals surface area contributed by atoms with E-state index in [1.165, 1.54) is 40.7 Å². The number of ether oxygens (including phenoxy) is 1. The molecule has 0 saturated carbocycles. The van der Waals surface area contributed by atoms with Crippen molar-refractivity contribution >= 4 is 5.91 Å². The molecule has 3 rings (SSSR count). The predicted octanol–water partition coefficient (Wildman–Crippen LogP) is 5.22. The van der Waals surface area contributed by atoms with Gasteiger partial charge in [-0.25, -0.2) is 0 Å². The van der Waals surface area contributed by atoms with Crippen molar-refractivity contribution in [2.45, 2.75) is 71.9 Å². The number of amides is 1. The summed E-state index contributed by atoms with van der Waals surface area (Å²) in [5.74, 6) is 0.810. The molecule has 1 amide bonds. The van der Waals surface area contributed by atoms with E-state index in [1.54, 1.807) is 0 Å². The van der Waals surface area contributed by atoms with E-state index in [0.717, 1.165) is 25.0 Å². The fourth-order valence-electron chi connectivity index (χ4n) is 4.01. The first-order valence-electron chi connectivity index (χ1n) is 10.1. The second kappa shape index (κ2) is 8.60. The van der Waals surface area contributed by atoms with Crippen LogP contribution in [0, 0.1) is 13.8 Å².